The first-order valence-electron chi connectivity index (χ1n) is 4.49. The van der Waals surface area contributed by atoms with Gasteiger partial charge in [0.15, 0.2) is 0 Å². The number of amides is 1. The highest BCUT2D eigenvalue weighted by atomic mass is 16.1. The standard InChI is InChI=1S/C10H15N3O/c1-7-8(5-11-6-12-7)9(14)13-10(2,3)4/h5-6H,1-4H3,(H,13,14). The van der Waals surface area contributed by atoms with E-state index in [1.54, 1.807) is 6.92 Å². The average Bonchev–Trinajstić information content (AvgIpc) is 2.01. The Morgan fingerprint density at radius 3 is 2.57 bits per heavy atom. The Kier molecular flexibility index (Phi) is 2.84. The molecule has 4 nitrogen and oxygen atoms in total. The van der Waals surface area contributed by atoms with Crippen LogP contribution in [0.2, 0.25) is 0 Å². The molecule has 1 aromatic rings. The molecule has 1 aromatic heterocycles. The second-order valence-electron chi connectivity index (χ2n) is 4.23. The van der Waals surface area contributed by atoms with Gasteiger partial charge in [0.25, 0.3) is 5.91 Å². The molecular formula is C10H15N3O. The lowest BCUT2D eigenvalue weighted by molar-refractivity contribution is 0.0918. The van der Waals surface area contributed by atoms with Gasteiger partial charge in [0.1, 0.15) is 6.33 Å². The van der Waals surface area contributed by atoms with E-state index >= 15 is 0 Å². The van der Waals surface area contributed by atoms with Gasteiger partial charge in [-0.05, 0) is 27.7 Å². The number of hydrogen-bond acceptors (Lipinski definition) is 3. The third-order valence-electron chi connectivity index (χ3n) is 1.64. The highest BCUT2D eigenvalue weighted by molar-refractivity contribution is 5.95. The van der Waals surface area contributed by atoms with E-state index in [1.807, 2.05) is 20.8 Å². The van der Waals surface area contributed by atoms with Crippen LogP contribution in [0.25, 0.3) is 0 Å². The summed E-state index contributed by atoms with van der Waals surface area (Å²) in [6.07, 6.45) is 2.96. The molecular weight excluding hydrogens is 178 g/mol. The van der Waals surface area contributed by atoms with Gasteiger partial charge in [0.05, 0.1) is 11.3 Å². The molecule has 76 valence electrons. The van der Waals surface area contributed by atoms with Crippen LogP contribution in [0.5, 0.6) is 0 Å². The van der Waals surface area contributed by atoms with Gasteiger partial charge in [-0.1, -0.05) is 0 Å². The van der Waals surface area contributed by atoms with Crippen LogP contribution in [0.4, 0.5) is 0 Å². The molecule has 0 aromatic carbocycles. The quantitative estimate of drug-likeness (QED) is 0.731. The first kappa shape index (κ1) is 10.6. The average molecular weight is 193 g/mol. The second-order valence-corrected chi connectivity index (χ2v) is 4.23. The van der Waals surface area contributed by atoms with Crippen molar-refractivity contribution < 1.29 is 4.79 Å². The Balaban J connectivity index is 2.86. The molecule has 0 bridgehead atoms. The number of aromatic nitrogens is 2. The highest BCUT2D eigenvalue weighted by Gasteiger charge is 2.16. The number of hydrogen-bond donors (Lipinski definition) is 1. The van der Waals surface area contributed by atoms with E-state index in [0.29, 0.717) is 11.3 Å². The molecule has 1 amide bonds. The fourth-order valence-electron chi connectivity index (χ4n) is 1.02. The van der Waals surface area contributed by atoms with Crippen LogP contribution in [-0.4, -0.2) is 21.4 Å². The van der Waals surface area contributed by atoms with Gasteiger partial charge in [0.2, 0.25) is 0 Å². The van der Waals surface area contributed by atoms with Crippen molar-refractivity contribution in [2.75, 3.05) is 0 Å². The molecule has 4 heteroatoms. The molecule has 1 rings (SSSR count). The Labute approximate surface area is 83.8 Å². The van der Waals surface area contributed by atoms with Crippen LogP contribution < -0.4 is 5.32 Å². The van der Waals surface area contributed by atoms with Crippen molar-refractivity contribution in [3.05, 3.63) is 23.8 Å². The Hall–Kier alpha value is -1.45. The molecule has 0 aliphatic rings. The van der Waals surface area contributed by atoms with Crippen LogP contribution in [0.1, 0.15) is 36.8 Å². The van der Waals surface area contributed by atoms with Crippen molar-refractivity contribution in [1.29, 1.82) is 0 Å². The molecule has 0 aliphatic heterocycles. The lowest BCUT2D eigenvalue weighted by Crippen LogP contribution is -2.40. The molecule has 0 fully saturated rings. The van der Waals surface area contributed by atoms with E-state index in [9.17, 15) is 4.79 Å². The largest absolute Gasteiger partial charge is 0.347 e. The predicted octanol–water partition coefficient (Wildman–Crippen LogP) is 1.31. The molecule has 0 radical (unpaired) electrons. The van der Waals surface area contributed by atoms with Crippen LogP contribution in [-0.2, 0) is 0 Å². The second kappa shape index (κ2) is 3.74. The highest BCUT2D eigenvalue weighted by Crippen LogP contribution is 2.05. The van der Waals surface area contributed by atoms with Gasteiger partial charge in [-0.2, -0.15) is 0 Å². The maximum absolute atomic E-state index is 11.7. The predicted molar refractivity (Wildman–Crippen MR) is 54.0 cm³/mol. The normalized spacial score (nSPS) is 11.1. The van der Waals surface area contributed by atoms with Crippen LogP contribution in [0.3, 0.4) is 0 Å². The summed E-state index contributed by atoms with van der Waals surface area (Å²) < 4.78 is 0. The van der Waals surface area contributed by atoms with E-state index in [1.165, 1.54) is 12.5 Å². The maximum Gasteiger partial charge on any atom is 0.255 e. The Bertz CT molecular complexity index is 341. The van der Waals surface area contributed by atoms with Crippen LogP contribution in [0.15, 0.2) is 12.5 Å². The summed E-state index contributed by atoms with van der Waals surface area (Å²) in [4.78, 5) is 19.5. The summed E-state index contributed by atoms with van der Waals surface area (Å²) in [6, 6.07) is 0. The van der Waals surface area contributed by atoms with Crippen molar-refractivity contribution in [3.8, 4) is 0 Å². The molecule has 0 atom stereocenters. The third-order valence-corrected chi connectivity index (χ3v) is 1.64. The van der Waals surface area contributed by atoms with E-state index in [2.05, 4.69) is 15.3 Å². The zero-order valence-electron chi connectivity index (χ0n) is 8.96. The van der Waals surface area contributed by atoms with Crippen molar-refractivity contribution in [3.63, 3.8) is 0 Å². The van der Waals surface area contributed by atoms with Gasteiger partial charge in [-0.3, -0.25) is 4.79 Å². The SMILES string of the molecule is Cc1ncncc1C(=O)NC(C)(C)C. The minimum Gasteiger partial charge on any atom is -0.347 e. The molecule has 0 saturated carbocycles. The summed E-state index contributed by atoms with van der Waals surface area (Å²) in [5, 5.41) is 2.86. The molecule has 0 spiro atoms. The van der Waals surface area contributed by atoms with E-state index in [4.69, 9.17) is 0 Å². The summed E-state index contributed by atoms with van der Waals surface area (Å²) in [5.74, 6) is -0.129. The fourth-order valence-corrected chi connectivity index (χ4v) is 1.02. The van der Waals surface area contributed by atoms with Gasteiger partial charge < -0.3 is 5.32 Å². The number of carbonyl (C=O) groups excluding carboxylic acids is 1. The van der Waals surface area contributed by atoms with Crippen molar-refractivity contribution in [1.82, 2.24) is 15.3 Å². The number of rotatable bonds is 1. The van der Waals surface area contributed by atoms with E-state index < -0.39 is 0 Å². The first-order valence-corrected chi connectivity index (χ1v) is 4.49. The molecule has 0 unspecified atom stereocenters. The molecule has 0 saturated heterocycles. The number of nitrogens with zero attached hydrogens (tertiary/aromatic N) is 2. The van der Waals surface area contributed by atoms with Gasteiger partial charge >= 0.3 is 0 Å². The summed E-state index contributed by atoms with van der Waals surface area (Å²) in [6.45, 7) is 7.59. The van der Waals surface area contributed by atoms with Crippen molar-refractivity contribution >= 4 is 5.91 Å². The lowest BCUT2D eigenvalue weighted by atomic mass is 10.1. The van der Waals surface area contributed by atoms with Gasteiger partial charge in [-0.25, -0.2) is 9.97 Å². The third kappa shape index (κ3) is 2.80. The number of carbonyl (C=O) groups is 1. The lowest BCUT2D eigenvalue weighted by Gasteiger charge is -2.20. The van der Waals surface area contributed by atoms with Crippen LogP contribution in [0, 0.1) is 6.92 Å². The first-order chi connectivity index (χ1) is 6.40. The van der Waals surface area contributed by atoms with Gasteiger partial charge in [0, 0.05) is 11.7 Å². The van der Waals surface area contributed by atoms with Crippen LogP contribution >= 0.6 is 0 Å². The molecule has 14 heavy (non-hydrogen) atoms. The monoisotopic (exact) mass is 193 g/mol. The number of aryl methyl sites for hydroxylation is 1. The number of nitrogens with one attached hydrogen (secondary N) is 1. The van der Waals surface area contributed by atoms with E-state index in [0.717, 1.165) is 0 Å². The van der Waals surface area contributed by atoms with Crippen molar-refractivity contribution in [2.24, 2.45) is 0 Å². The molecule has 1 heterocycles. The zero-order chi connectivity index (χ0) is 10.8. The van der Waals surface area contributed by atoms with E-state index in [-0.39, 0.29) is 11.4 Å². The molecule has 0 aliphatic carbocycles. The smallest absolute Gasteiger partial charge is 0.255 e. The minimum absolute atomic E-state index is 0.129. The Morgan fingerprint density at radius 2 is 2.07 bits per heavy atom. The topological polar surface area (TPSA) is 54.9 Å². The summed E-state index contributed by atoms with van der Waals surface area (Å²) in [7, 11) is 0. The zero-order valence-corrected chi connectivity index (χ0v) is 8.96. The summed E-state index contributed by atoms with van der Waals surface area (Å²) >= 11 is 0. The van der Waals surface area contributed by atoms with Crippen molar-refractivity contribution in [2.45, 2.75) is 33.2 Å². The molecule has 1 N–H and O–H groups in total. The fraction of sp³-hybridized carbons (Fsp3) is 0.500. The van der Waals surface area contributed by atoms with Gasteiger partial charge in [-0.15, -0.1) is 0 Å². The minimum atomic E-state index is -0.237. The summed E-state index contributed by atoms with van der Waals surface area (Å²) in [5.41, 5.74) is 0.989. The Morgan fingerprint density at radius 1 is 1.43 bits per heavy atom. The maximum atomic E-state index is 11.7.